The summed E-state index contributed by atoms with van der Waals surface area (Å²) in [6.07, 6.45) is 0.390. The van der Waals surface area contributed by atoms with Crippen molar-refractivity contribution in [3.63, 3.8) is 0 Å². The van der Waals surface area contributed by atoms with E-state index in [-0.39, 0.29) is 5.78 Å². The Kier molecular flexibility index (Phi) is 3.76. The Bertz CT molecular complexity index is 321. The van der Waals surface area contributed by atoms with E-state index in [4.69, 9.17) is 23.2 Å². The Hall–Kier alpha value is -0.530. The molecule has 13 heavy (non-hydrogen) atoms. The average molecular weight is 217 g/mol. The summed E-state index contributed by atoms with van der Waals surface area (Å²) < 4.78 is 0. The van der Waals surface area contributed by atoms with Gasteiger partial charge in [-0.3, -0.25) is 4.79 Å². The number of carbonyl (C=O) groups is 1. The molecule has 1 rings (SSSR count). The zero-order valence-corrected chi connectivity index (χ0v) is 8.82. The van der Waals surface area contributed by atoms with Gasteiger partial charge in [-0.25, -0.2) is 0 Å². The second-order valence-electron chi connectivity index (χ2n) is 2.94. The topological polar surface area (TPSA) is 17.1 Å². The van der Waals surface area contributed by atoms with Crippen molar-refractivity contribution in [2.24, 2.45) is 0 Å². The Balaban J connectivity index is 2.91. The number of halogens is 2. The summed E-state index contributed by atoms with van der Waals surface area (Å²) in [7, 11) is 0. The minimum atomic E-state index is 0.112. The van der Waals surface area contributed by atoms with Crippen LogP contribution in [0.1, 0.15) is 18.1 Å². The van der Waals surface area contributed by atoms with Crippen LogP contribution in [0.5, 0.6) is 0 Å². The van der Waals surface area contributed by atoms with Gasteiger partial charge in [-0.15, -0.1) is 11.6 Å². The summed E-state index contributed by atoms with van der Waals surface area (Å²) in [5.74, 6) is 0.556. The van der Waals surface area contributed by atoms with Crippen molar-refractivity contribution < 1.29 is 4.79 Å². The van der Waals surface area contributed by atoms with E-state index in [1.807, 2.05) is 12.1 Å². The molecule has 0 amide bonds. The van der Waals surface area contributed by atoms with Gasteiger partial charge in [-0.2, -0.15) is 0 Å². The van der Waals surface area contributed by atoms with Crippen LogP contribution in [-0.2, 0) is 17.1 Å². The minimum absolute atomic E-state index is 0.112. The first-order valence-electron chi connectivity index (χ1n) is 3.96. The molecule has 0 atom stereocenters. The summed E-state index contributed by atoms with van der Waals surface area (Å²) in [4.78, 5) is 10.8. The summed E-state index contributed by atoms with van der Waals surface area (Å²) in [6, 6.07) is 5.53. The van der Waals surface area contributed by atoms with Gasteiger partial charge in [0.1, 0.15) is 5.78 Å². The molecule has 70 valence electrons. The van der Waals surface area contributed by atoms with E-state index in [0.29, 0.717) is 17.3 Å². The van der Waals surface area contributed by atoms with Crippen molar-refractivity contribution in [2.75, 3.05) is 0 Å². The molecule has 0 radical (unpaired) electrons. The normalized spacial score (nSPS) is 10.1. The maximum atomic E-state index is 10.8. The second kappa shape index (κ2) is 4.64. The maximum absolute atomic E-state index is 10.8. The molecule has 0 aliphatic rings. The fourth-order valence-electron chi connectivity index (χ4n) is 1.09. The fraction of sp³-hybridized carbons (Fsp3) is 0.300. The summed E-state index contributed by atoms with van der Waals surface area (Å²) in [6.45, 7) is 1.55. The van der Waals surface area contributed by atoms with E-state index in [2.05, 4.69) is 0 Å². The van der Waals surface area contributed by atoms with E-state index < -0.39 is 0 Å². The van der Waals surface area contributed by atoms with Crippen LogP contribution in [0.4, 0.5) is 0 Å². The second-order valence-corrected chi connectivity index (χ2v) is 3.61. The predicted octanol–water partition coefficient (Wildman–Crippen LogP) is 3.21. The van der Waals surface area contributed by atoms with E-state index in [1.54, 1.807) is 13.0 Å². The molecule has 0 saturated heterocycles. The smallest absolute Gasteiger partial charge is 0.134 e. The summed E-state index contributed by atoms with van der Waals surface area (Å²) >= 11 is 11.6. The lowest BCUT2D eigenvalue weighted by Crippen LogP contribution is -1.97. The van der Waals surface area contributed by atoms with Crippen LogP contribution in [0.3, 0.4) is 0 Å². The Morgan fingerprint density at radius 1 is 1.46 bits per heavy atom. The van der Waals surface area contributed by atoms with Gasteiger partial charge in [0.05, 0.1) is 0 Å². The molecular weight excluding hydrogens is 207 g/mol. The highest BCUT2D eigenvalue weighted by Gasteiger charge is 2.03. The summed E-state index contributed by atoms with van der Waals surface area (Å²) in [5.41, 5.74) is 1.84. The van der Waals surface area contributed by atoms with E-state index >= 15 is 0 Å². The van der Waals surface area contributed by atoms with E-state index in [1.165, 1.54) is 0 Å². The van der Waals surface area contributed by atoms with Crippen molar-refractivity contribution in [3.8, 4) is 0 Å². The molecule has 0 aliphatic carbocycles. The summed E-state index contributed by atoms with van der Waals surface area (Å²) in [5, 5.41) is 0.619. The van der Waals surface area contributed by atoms with Crippen LogP contribution >= 0.6 is 23.2 Å². The zero-order chi connectivity index (χ0) is 9.84. The quantitative estimate of drug-likeness (QED) is 0.710. The number of alkyl halides is 1. The predicted molar refractivity (Wildman–Crippen MR) is 55.4 cm³/mol. The average Bonchev–Trinajstić information content (AvgIpc) is 2.08. The van der Waals surface area contributed by atoms with Crippen LogP contribution in [0.15, 0.2) is 18.2 Å². The molecule has 0 saturated carbocycles. The zero-order valence-electron chi connectivity index (χ0n) is 7.31. The first kappa shape index (κ1) is 10.6. The van der Waals surface area contributed by atoms with Crippen molar-refractivity contribution >= 4 is 29.0 Å². The molecule has 0 aliphatic heterocycles. The molecule has 1 aromatic carbocycles. The third-order valence-electron chi connectivity index (χ3n) is 1.71. The first-order valence-corrected chi connectivity index (χ1v) is 4.87. The van der Waals surface area contributed by atoms with Crippen LogP contribution in [0.25, 0.3) is 0 Å². The molecule has 3 heteroatoms. The lowest BCUT2D eigenvalue weighted by atomic mass is 10.1. The van der Waals surface area contributed by atoms with Gasteiger partial charge >= 0.3 is 0 Å². The molecule has 0 heterocycles. The Morgan fingerprint density at radius 3 is 2.62 bits per heavy atom. The number of Topliss-reactive ketones (excluding diaryl/α,β-unsaturated/α-hetero) is 1. The lowest BCUT2D eigenvalue weighted by molar-refractivity contribution is -0.116. The number of rotatable bonds is 3. The molecule has 0 spiro atoms. The number of hydrogen-bond acceptors (Lipinski definition) is 1. The molecule has 1 aromatic rings. The van der Waals surface area contributed by atoms with E-state index in [0.717, 1.165) is 11.1 Å². The standard InChI is InChI=1S/C10H10Cl2O/c1-7(13)4-9-3-2-8(6-11)5-10(9)12/h2-3,5H,4,6H2,1H3. The van der Waals surface area contributed by atoms with Gasteiger partial charge in [0, 0.05) is 17.3 Å². The van der Waals surface area contributed by atoms with Crippen LogP contribution in [-0.4, -0.2) is 5.78 Å². The molecular formula is C10H10Cl2O. The molecule has 0 N–H and O–H groups in total. The van der Waals surface area contributed by atoms with Crippen molar-refractivity contribution in [2.45, 2.75) is 19.2 Å². The van der Waals surface area contributed by atoms with Crippen LogP contribution < -0.4 is 0 Å². The monoisotopic (exact) mass is 216 g/mol. The van der Waals surface area contributed by atoms with Crippen LogP contribution in [0, 0.1) is 0 Å². The van der Waals surface area contributed by atoms with Gasteiger partial charge in [0.25, 0.3) is 0 Å². The third-order valence-corrected chi connectivity index (χ3v) is 2.37. The number of hydrogen-bond donors (Lipinski definition) is 0. The largest absolute Gasteiger partial charge is 0.300 e. The SMILES string of the molecule is CC(=O)Cc1ccc(CCl)cc1Cl. The molecule has 0 aromatic heterocycles. The Morgan fingerprint density at radius 2 is 2.15 bits per heavy atom. The van der Waals surface area contributed by atoms with Crippen molar-refractivity contribution in [1.29, 1.82) is 0 Å². The van der Waals surface area contributed by atoms with Gasteiger partial charge < -0.3 is 0 Å². The lowest BCUT2D eigenvalue weighted by Gasteiger charge is -2.03. The molecule has 1 nitrogen and oxygen atoms in total. The number of benzene rings is 1. The van der Waals surface area contributed by atoms with Gasteiger partial charge in [-0.1, -0.05) is 23.7 Å². The maximum Gasteiger partial charge on any atom is 0.134 e. The van der Waals surface area contributed by atoms with Crippen molar-refractivity contribution in [3.05, 3.63) is 34.3 Å². The van der Waals surface area contributed by atoms with E-state index in [9.17, 15) is 4.79 Å². The highest BCUT2D eigenvalue weighted by Crippen LogP contribution is 2.19. The molecule has 0 unspecified atom stereocenters. The van der Waals surface area contributed by atoms with Crippen LogP contribution in [0.2, 0.25) is 5.02 Å². The number of ketones is 1. The number of carbonyl (C=O) groups excluding carboxylic acids is 1. The highest BCUT2D eigenvalue weighted by molar-refractivity contribution is 6.31. The highest BCUT2D eigenvalue weighted by atomic mass is 35.5. The third kappa shape index (κ3) is 3.02. The molecule has 0 bridgehead atoms. The minimum Gasteiger partial charge on any atom is -0.300 e. The van der Waals surface area contributed by atoms with Gasteiger partial charge in [0.15, 0.2) is 0 Å². The van der Waals surface area contributed by atoms with Gasteiger partial charge in [-0.05, 0) is 24.1 Å². The van der Waals surface area contributed by atoms with Gasteiger partial charge in [0.2, 0.25) is 0 Å². The molecule has 0 fully saturated rings. The Labute approximate surface area is 87.7 Å². The first-order chi connectivity index (χ1) is 6.13. The fourth-order valence-corrected chi connectivity index (χ4v) is 1.52. The van der Waals surface area contributed by atoms with Crippen molar-refractivity contribution in [1.82, 2.24) is 0 Å².